The van der Waals surface area contributed by atoms with Gasteiger partial charge in [-0.2, -0.15) is 0 Å². The monoisotopic (exact) mass is 1240 g/mol. The number of hydrogen-bond acceptors (Lipinski definition) is 12. The largest absolute Gasteiger partial charge is 0.494 e. The number of fused-ring (bicyclic) bond motifs is 2. The van der Waals surface area contributed by atoms with E-state index >= 15 is 0 Å². The van der Waals surface area contributed by atoms with Crippen LogP contribution < -0.4 is 19.3 Å². The third-order valence-electron chi connectivity index (χ3n) is 18.0. The fourth-order valence-electron chi connectivity index (χ4n) is 12.3. The number of isocyanates is 2. The molecule has 0 radical (unpaired) electrons. The van der Waals surface area contributed by atoms with Crippen LogP contribution in [0.2, 0.25) is 0 Å². The van der Waals surface area contributed by atoms with Crippen LogP contribution in [-0.4, -0.2) is 82.6 Å². The van der Waals surface area contributed by atoms with E-state index in [0.717, 1.165) is 133 Å². The number of hydrogen-bond donors (Lipinski definition) is 1. The number of ketones is 2. The van der Waals surface area contributed by atoms with Gasteiger partial charge in [0.15, 0.2) is 11.6 Å². The van der Waals surface area contributed by atoms with Crippen molar-refractivity contribution in [3.05, 3.63) is 129 Å². The number of anilines is 2. The maximum atomic E-state index is 13.3. The van der Waals surface area contributed by atoms with Crippen molar-refractivity contribution in [1.29, 1.82) is 5.41 Å². The molecule has 12 nitrogen and oxygen atoms in total. The summed E-state index contributed by atoms with van der Waals surface area (Å²) in [6.07, 6.45) is 31.8. The summed E-state index contributed by atoms with van der Waals surface area (Å²) in [6.45, 7) is 31.6. The number of carbonyl (C=O) groups is 2. The molecule has 12 heteroatoms. The van der Waals surface area contributed by atoms with Crippen molar-refractivity contribution in [2.75, 3.05) is 57.2 Å². The summed E-state index contributed by atoms with van der Waals surface area (Å²) in [6, 6.07) is 24.8. The number of carbonyl (C=O) groups excluding carboxylic acids is 4. The Morgan fingerprint density at radius 2 is 0.769 bits per heavy atom. The molecule has 6 rings (SSSR count). The Morgan fingerprint density at radius 1 is 0.473 bits per heavy atom. The highest BCUT2D eigenvalue weighted by Gasteiger charge is 2.28. The van der Waals surface area contributed by atoms with Crippen molar-refractivity contribution in [1.82, 2.24) is 0 Å². The van der Waals surface area contributed by atoms with E-state index in [1.165, 1.54) is 133 Å². The quantitative estimate of drug-likeness (QED) is 0.0349. The van der Waals surface area contributed by atoms with Gasteiger partial charge in [0.25, 0.3) is 0 Å². The summed E-state index contributed by atoms with van der Waals surface area (Å²) in [5.74, 6) is 4.38. The van der Waals surface area contributed by atoms with Gasteiger partial charge in [-0.15, -0.1) is 0 Å². The summed E-state index contributed by atoms with van der Waals surface area (Å²) in [5.41, 5.74) is 13.3. The first kappa shape index (κ1) is 78.2. The molecule has 1 N–H and O–H groups in total. The molecule has 4 aromatic carbocycles. The van der Waals surface area contributed by atoms with Crippen LogP contribution in [0.25, 0.3) is 0 Å². The Bertz CT molecular complexity index is 2970. The third kappa shape index (κ3) is 24.9. The predicted octanol–water partition coefficient (Wildman–Crippen LogP) is 21.2. The second-order valence-corrected chi connectivity index (χ2v) is 24.8. The molecule has 0 spiro atoms. The molecule has 0 amide bonds. The molecular weight excluding hydrogens is 1130 g/mol. The van der Waals surface area contributed by atoms with E-state index in [1.54, 1.807) is 14.2 Å². The smallest absolute Gasteiger partial charge is 0.234 e. The molecule has 0 heterocycles. The first-order valence-corrected chi connectivity index (χ1v) is 34.9. The highest BCUT2D eigenvalue weighted by atomic mass is 16.5. The van der Waals surface area contributed by atoms with Crippen LogP contribution in [0.3, 0.4) is 0 Å². The van der Waals surface area contributed by atoms with Crippen molar-refractivity contribution in [2.24, 2.45) is 38.6 Å². The van der Waals surface area contributed by atoms with Crippen LogP contribution in [0, 0.1) is 42.9 Å². The van der Waals surface area contributed by atoms with E-state index < -0.39 is 0 Å². The van der Waals surface area contributed by atoms with Crippen LogP contribution in [0.4, 0.5) is 22.7 Å². The fourth-order valence-corrected chi connectivity index (χ4v) is 12.3. The Labute approximate surface area is 550 Å². The zero-order valence-electron chi connectivity index (χ0n) is 59.0. The topological polar surface area (TPSA) is 154 Å². The number of nitrogens with one attached hydrogen (secondary N) is 1. The second-order valence-electron chi connectivity index (χ2n) is 24.8. The van der Waals surface area contributed by atoms with E-state index in [2.05, 4.69) is 128 Å². The van der Waals surface area contributed by atoms with Crippen molar-refractivity contribution < 1.29 is 28.7 Å². The molecule has 4 unspecified atom stereocenters. The predicted molar refractivity (Wildman–Crippen MR) is 385 cm³/mol. The first-order chi connectivity index (χ1) is 44.1. The van der Waals surface area contributed by atoms with E-state index in [-0.39, 0.29) is 11.6 Å². The van der Waals surface area contributed by atoms with Crippen molar-refractivity contribution >= 4 is 57.9 Å². The van der Waals surface area contributed by atoms with Crippen LogP contribution in [0.15, 0.2) is 111 Å². The minimum atomic E-state index is 0.107. The van der Waals surface area contributed by atoms with Gasteiger partial charge in [0.2, 0.25) is 12.2 Å². The van der Waals surface area contributed by atoms with Gasteiger partial charge in [-0.25, -0.2) is 30.0 Å². The molecule has 4 aromatic rings. The highest BCUT2D eigenvalue weighted by Crippen LogP contribution is 2.44. The van der Waals surface area contributed by atoms with Crippen LogP contribution in [-0.2, 0) is 9.59 Å². The maximum Gasteiger partial charge on any atom is 0.234 e. The maximum absolute atomic E-state index is 13.3. The lowest BCUT2D eigenvalue weighted by atomic mass is 9.87. The third-order valence-corrected chi connectivity index (χ3v) is 18.0. The van der Waals surface area contributed by atoms with Crippen molar-refractivity contribution in [3.8, 4) is 11.5 Å². The minimum Gasteiger partial charge on any atom is -0.494 e. The normalized spacial score (nSPS) is 14.5. The molecule has 91 heavy (non-hydrogen) atoms. The Hall–Kier alpha value is -7.00. The van der Waals surface area contributed by atoms with Crippen LogP contribution in [0.1, 0.15) is 253 Å². The molecule has 0 aromatic heterocycles. The molecule has 0 saturated heterocycles. The number of rotatable bonds is 36. The zero-order valence-corrected chi connectivity index (χ0v) is 59.0. The standard InChI is InChI=1S/C38H56N2O3.C38H56N2O.C2H3NO.CHNO/c1-8-13-18-28(11-4)26-40(27-29(12-5)19-14-9-2)31-24-35(42-6)37(36(25-31)43-7)39-34-23-30(20-15-10-3)38(41)33-22-17-16-21-32(33)34;1-8-13-18-30(11-4)26-40(27-31(12-5)19-14-9-2)33-23-28(6)37(29(7)24-33)39-36-25-32(20-15-10-3)38(41)35-22-17-16-21-34(35)36;1-3-2-4;2-1-3/h16-17,21-25,28-29H,8-15,18-20,26-27H2,1-7H3;16-17,21-25,30-31H,8-15,18-20,26-27H2,1-7H3;1H3;2H. The summed E-state index contributed by atoms with van der Waals surface area (Å²) in [7, 11) is 4.80. The number of ether oxygens (including phenoxy) is 2. The number of aryl methyl sites for hydroxylation is 2. The number of aliphatic imine (C=N–C) groups is 3. The van der Waals surface area contributed by atoms with E-state index in [1.807, 2.05) is 54.6 Å². The fraction of sp³-hybridized carbons (Fsp3) is 0.570. The van der Waals surface area contributed by atoms with Gasteiger partial charge in [0, 0.05) is 90.1 Å². The zero-order chi connectivity index (χ0) is 67.1. The number of nitrogens with zero attached hydrogens (tertiary/aromatic N) is 5. The van der Waals surface area contributed by atoms with E-state index in [0.29, 0.717) is 34.6 Å². The van der Waals surface area contributed by atoms with Crippen LogP contribution >= 0.6 is 0 Å². The average Bonchev–Trinajstić information content (AvgIpc) is 0.817. The van der Waals surface area contributed by atoms with Gasteiger partial charge in [-0.1, -0.05) is 208 Å². The molecule has 0 saturated carbocycles. The molecule has 2 aliphatic carbocycles. The summed E-state index contributed by atoms with van der Waals surface area (Å²) in [4.78, 5) is 62.3. The molecule has 0 aliphatic heterocycles. The van der Waals surface area contributed by atoms with Gasteiger partial charge < -0.3 is 19.3 Å². The van der Waals surface area contributed by atoms with Gasteiger partial charge in [0.05, 0.1) is 31.3 Å². The number of methoxy groups -OCH3 is 2. The molecule has 4 atom stereocenters. The highest BCUT2D eigenvalue weighted by molar-refractivity contribution is 6.27. The molecule has 2 aliphatic rings. The lowest BCUT2D eigenvalue weighted by molar-refractivity contribution is 0.102. The number of Topliss-reactive ketones (excluding diaryl/α,β-unsaturated/α-hetero) is 2. The average molecular weight is 1250 g/mol. The van der Waals surface area contributed by atoms with Gasteiger partial charge >= 0.3 is 0 Å². The molecule has 0 fully saturated rings. The van der Waals surface area contributed by atoms with E-state index in [9.17, 15) is 9.59 Å². The summed E-state index contributed by atoms with van der Waals surface area (Å²) in [5, 5.41) is 5.40. The summed E-state index contributed by atoms with van der Waals surface area (Å²) < 4.78 is 12.0. The van der Waals surface area contributed by atoms with Gasteiger partial charge in [-0.3, -0.25) is 9.59 Å². The first-order valence-electron chi connectivity index (χ1n) is 34.9. The molecule has 498 valence electrons. The summed E-state index contributed by atoms with van der Waals surface area (Å²) >= 11 is 0. The number of allylic oxidation sites excluding steroid dienone is 4. The van der Waals surface area contributed by atoms with Crippen molar-refractivity contribution in [2.45, 2.75) is 224 Å². The SMILES string of the molecule is CCCCC1=CC(=Nc2c(C)cc(N(CC(CC)CCCC)CC(CC)CCCC)cc2C)c2ccccc2C1=O.CCCCC1=CC(=Nc2c(OC)cc(N(CC(CC)CCCC)CC(CC)CCCC)cc2OC)c2ccccc2C1=O.CN=C=O.N=C=O. The second kappa shape index (κ2) is 44.5. The molecular formula is C79H116N6O6. The van der Waals surface area contributed by atoms with E-state index in [4.69, 9.17) is 34.5 Å². The molecule has 0 bridgehead atoms. The minimum absolute atomic E-state index is 0.107. The van der Waals surface area contributed by atoms with Gasteiger partial charge in [0.1, 0.15) is 17.2 Å². The lowest BCUT2D eigenvalue weighted by Crippen LogP contribution is -2.34. The lowest BCUT2D eigenvalue weighted by Gasteiger charge is -2.33. The van der Waals surface area contributed by atoms with Crippen LogP contribution in [0.5, 0.6) is 11.5 Å². The van der Waals surface area contributed by atoms with Crippen molar-refractivity contribution in [3.63, 3.8) is 0 Å². The number of unbranched alkanes of at least 4 members (excludes halogenated alkanes) is 6. The Kier molecular flexibility index (Phi) is 38.3. The number of benzene rings is 4. The van der Waals surface area contributed by atoms with Gasteiger partial charge in [-0.05, 0) is 124 Å². The Morgan fingerprint density at radius 3 is 1.05 bits per heavy atom. The Balaban J connectivity index is 0.000000431.